The van der Waals surface area contributed by atoms with Crippen molar-refractivity contribution in [2.75, 3.05) is 11.9 Å². The van der Waals surface area contributed by atoms with E-state index in [2.05, 4.69) is 35.4 Å². The van der Waals surface area contributed by atoms with Gasteiger partial charge in [-0.15, -0.1) is 0 Å². The molecule has 2 amide bonds. The molecule has 4 aromatic rings. The molecule has 0 fully saturated rings. The number of hydrogen-bond donors (Lipinski definition) is 2. The number of anilines is 1. The van der Waals surface area contributed by atoms with E-state index < -0.39 is 6.04 Å². The van der Waals surface area contributed by atoms with Gasteiger partial charge in [0.25, 0.3) is 0 Å². The topological polar surface area (TPSA) is 65.2 Å². The maximum absolute atomic E-state index is 14.5. The number of fused-ring (bicyclic) bond motifs is 1. The smallest absolute Gasteiger partial charge is 0.249 e. The number of aromatic nitrogens is 1. The van der Waals surface area contributed by atoms with Crippen LogP contribution in [0.4, 0.5) is 10.1 Å². The minimum absolute atomic E-state index is 0.183. The Labute approximate surface area is 221 Å². The Balaban J connectivity index is 1.44. The quantitative estimate of drug-likeness (QED) is 0.238. The molecule has 1 atom stereocenters. The Morgan fingerprint density at radius 1 is 1.08 bits per heavy atom. The Morgan fingerprint density at radius 2 is 1.81 bits per heavy atom. The van der Waals surface area contributed by atoms with Crippen molar-refractivity contribution in [1.82, 2.24) is 10.3 Å². The summed E-state index contributed by atoms with van der Waals surface area (Å²) in [6.07, 6.45) is 4.06. The summed E-state index contributed by atoms with van der Waals surface area (Å²) in [6, 6.07) is 19.2. The highest BCUT2D eigenvalue weighted by atomic mass is 35.5. The molecule has 2 N–H and O–H groups in total. The Hall–Kier alpha value is -3.64. The van der Waals surface area contributed by atoms with Crippen LogP contribution in [0.5, 0.6) is 0 Å². The number of carbonyl (C=O) groups is 2. The van der Waals surface area contributed by atoms with Crippen LogP contribution in [-0.2, 0) is 35.3 Å². The number of para-hydroxylation sites is 1. The second-order valence-electron chi connectivity index (χ2n) is 9.22. The second kappa shape index (κ2) is 12.1. The number of nitrogens with one attached hydrogen (secondary N) is 2. The molecule has 0 radical (unpaired) electrons. The molecule has 1 heterocycles. The Morgan fingerprint density at radius 3 is 2.54 bits per heavy atom. The molecule has 3 aromatic carbocycles. The number of likely N-dealkylation sites (N-methyl/N-ethyl adjacent to an activating group) is 1. The molecule has 5 nitrogen and oxygen atoms in total. The first kappa shape index (κ1) is 26.4. The first-order valence-corrected chi connectivity index (χ1v) is 12.9. The largest absolute Gasteiger partial charge is 0.358 e. The van der Waals surface area contributed by atoms with Crippen LogP contribution in [0.1, 0.15) is 35.7 Å². The number of amides is 2. The molecule has 0 spiro atoms. The van der Waals surface area contributed by atoms with E-state index >= 15 is 0 Å². The first-order chi connectivity index (χ1) is 17.9. The molecule has 37 heavy (non-hydrogen) atoms. The van der Waals surface area contributed by atoms with E-state index in [1.165, 1.54) is 27.6 Å². The van der Waals surface area contributed by atoms with Crippen LogP contribution in [0, 0.1) is 5.82 Å². The van der Waals surface area contributed by atoms with Gasteiger partial charge < -0.3 is 15.2 Å². The molecule has 192 valence electrons. The van der Waals surface area contributed by atoms with Crippen LogP contribution >= 0.6 is 11.6 Å². The number of aryl methyl sites for hydroxylation is 3. The van der Waals surface area contributed by atoms with Crippen molar-refractivity contribution in [3.05, 3.63) is 100.0 Å². The average molecular weight is 520 g/mol. The zero-order chi connectivity index (χ0) is 26.4. The molecule has 1 unspecified atom stereocenters. The molecule has 1 aromatic heterocycles. The van der Waals surface area contributed by atoms with Crippen LogP contribution in [-0.4, -0.2) is 30.4 Å². The number of aromatic amines is 1. The molecule has 0 aliphatic carbocycles. The fourth-order valence-corrected chi connectivity index (χ4v) is 5.01. The van der Waals surface area contributed by atoms with Gasteiger partial charge >= 0.3 is 0 Å². The number of nitrogens with zero attached hydrogens (tertiary/aromatic N) is 1. The predicted octanol–water partition coefficient (Wildman–Crippen LogP) is 6.02. The number of benzene rings is 3. The minimum atomic E-state index is -0.828. The van der Waals surface area contributed by atoms with Crippen molar-refractivity contribution >= 4 is 40.5 Å². The van der Waals surface area contributed by atoms with Crippen molar-refractivity contribution < 1.29 is 14.0 Å². The lowest BCUT2D eigenvalue weighted by Crippen LogP contribution is -2.46. The molecular formula is C30H31ClFN3O2. The maximum Gasteiger partial charge on any atom is 0.249 e. The summed E-state index contributed by atoms with van der Waals surface area (Å²) >= 11 is 5.95. The molecular weight excluding hydrogens is 489 g/mol. The summed E-state index contributed by atoms with van der Waals surface area (Å²) in [7, 11) is 1.64. The van der Waals surface area contributed by atoms with Gasteiger partial charge in [-0.1, -0.05) is 42.8 Å². The van der Waals surface area contributed by atoms with Gasteiger partial charge in [-0.25, -0.2) is 4.39 Å². The van der Waals surface area contributed by atoms with Gasteiger partial charge in [0.1, 0.15) is 11.9 Å². The van der Waals surface area contributed by atoms with E-state index in [-0.39, 0.29) is 18.1 Å². The van der Waals surface area contributed by atoms with Crippen LogP contribution in [0.2, 0.25) is 5.02 Å². The summed E-state index contributed by atoms with van der Waals surface area (Å²) in [5.74, 6) is -0.651. The highest BCUT2D eigenvalue weighted by molar-refractivity contribution is 6.30. The minimum Gasteiger partial charge on any atom is -0.358 e. The Bertz CT molecular complexity index is 1380. The van der Waals surface area contributed by atoms with Crippen molar-refractivity contribution in [2.45, 2.75) is 45.1 Å². The summed E-state index contributed by atoms with van der Waals surface area (Å²) in [5, 5.41) is 4.42. The monoisotopic (exact) mass is 519 g/mol. The third-order valence-corrected chi connectivity index (χ3v) is 6.97. The van der Waals surface area contributed by atoms with Crippen LogP contribution in [0.15, 0.2) is 66.7 Å². The van der Waals surface area contributed by atoms with Crippen molar-refractivity contribution in [3.63, 3.8) is 0 Å². The average Bonchev–Trinajstić information content (AvgIpc) is 3.25. The van der Waals surface area contributed by atoms with E-state index in [1.54, 1.807) is 37.4 Å². The summed E-state index contributed by atoms with van der Waals surface area (Å²) in [4.78, 5) is 29.4. The molecule has 4 rings (SSSR count). The van der Waals surface area contributed by atoms with E-state index in [1.807, 2.05) is 12.1 Å². The van der Waals surface area contributed by atoms with Crippen molar-refractivity contribution in [3.8, 4) is 0 Å². The number of rotatable bonds is 11. The lowest BCUT2D eigenvalue weighted by atomic mass is 9.98. The highest BCUT2D eigenvalue weighted by Gasteiger charge is 2.23. The van der Waals surface area contributed by atoms with Crippen molar-refractivity contribution in [2.24, 2.45) is 0 Å². The molecule has 0 bridgehead atoms. The zero-order valence-electron chi connectivity index (χ0n) is 21.1. The summed E-state index contributed by atoms with van der Waals surface area (Å²) in [6.45, 7) is 2.16. The fourth-order valence-electron chi connectivity index (χ4n) is 4.88. The molecule has 0 aliphatic heterocycles. The summed E-state index contributed by atoms with van der Waals surface area (Å²) in [5.41, 5.74) is 5.88. The van der Waals surface area contributed by atoms with Crippen LogP contribution < -0.4 is 10.2 Å². The second-order valence-corrected chi connectivity index (χ2v) is 9.65. The van der Waals surface area contributed by atoms with Gasteiger partial charge in [-0.2, -0.15) is 0 Å². The molecule has 0 saturated carbocycles. The van der Waals surface area contributed by atoms with Gasteiger partial charge in [0, 0.05) is 40.8 Å². The number of carbonyl (C=O) groups excluding carboxylic acids is 2. The van der Waals surface area contributed by atoms with Gasteiger partial charge in [-0.05, 0) is 84.8 Å². The van der Waals surface area contributed by atoms with Gasteiger partial charge in [-0.3, -0.25) is 9.59 Å². The normalized spacial score (nSPS) is 11.9. The van der Waals surface area contributed by atoms with Gasteiger partial charge in [0.2, 0.25) is 12.3 Å². The lowest BCUT2D eigenvalue weighted by molar-refractivity contribution is -0.122. The number of H-pyrrole nitrogens is 1. The van der Waals surface area contributed by atoms with E-state index in [0.29, 0.717) is 29.1 Å². The van der Waals surface area contributed by atoms with E-state index in [4.69, 9.17) is 11.6 Å². The lowest BCUT2D eigenvalue weighted by Gasteiger charge is -2.24. The first-order valence-electron chi connectivity index (χ1n) is 12.5. The van der Waals surface area contributed by atoms with Gasteiger partial charge in [0.05, 0.1) is 0 Å². The number of halogens is 2. The predicted molar refractivity (Wildman–Crippen MR) is 148 cm³/mol. The Kier molecular flexibility index (Phi) is 8.62. The van der Waals surface area contributed by atoms with Crippen LogP contribution in [0.3, 0.4) is 0 Å². The highest BCUT2D eigenvalue weighted by Crippen LogP contribution is 2.25. The third kappa shape index (κ3) is 6.38. The maximum atomic E-state index is 14.5. The zero-order valence-corrected chi connectivity index (χ0v) is 21.8. The standard InChI is InChI=1S/C30H31ClFN3O2/c1-3-25-26-8-4-5-9-28(26)34-27(25)10-6-7-20-15-21(17-23(32)16-20)18-29(33-19-36)30(37)35(2)24-13-11-22(31)12-14-24/h4-5,8-9,11-17,19,29,34H,3,6-7,10,18H2,1-2H3,(H,33,36). The fraction of sp³-hybridized carbons (Fsp3) is 0.267. The number of hydrogen-bond acceptors (Lipinski definition) is 2. The SMILES string of the molecule is CCc1c(CCCc2cc(F)cc(CC(NC=O)C(=O)N(C)c3ccc(Cl)cc3)c2)[nH]c2ccccc12. The third-order valence-electron chi connectivity index (χ3n) is 6.72. The molecule has 0 saturated heterocycles. The van der Waals surface area contributed by atoms with Crippen LogP contribution in [0.25, 0.3) is 10.9 Å². The van der Waals surface area contributed by atoms with E-state index in [9.17, 15) is 14.0 Å². The van der Waals surface area contributed by atoms with Crippen molar-refractivity contribution in [1.29, 1.82) is 0 Å². The van der Waals surface area contributed by atoms with E-state index in [0.717, 1.165) is 30.3 Å². The molecule has 0 aliphatic rings. The summed E-state index contributed by atoms with van der Waals surface area (Å²) < 4.78 is 14.5. The molecule has 7 heteroatoms. The van der Waals surface area contributed by atoms with Gasteiger partial charge in [0.15, 0.2) is 0 Å².